The van der Waals surface area contributed by atoms with E-state index in [1.165, 1.54) is 16.7 Å². The summed E-state index contributed by atoms with van der Waals surface area (Å²) in [5, 5.41) is 3.63. The van der Waals surface area contributed by atoms with Gasteiger partial charge in [0.2, 0.25) is 0 Å². The van der Waals surface area contributed by atoms with Gasteiger partial charge in [-0.05, 0) is 48.9 Å². The van der Waals surface area contributed by atoms with E-state index in [1.807, 2.05) is 6.26 Å². The van der Waals surface area contributed by atoms with Crippen molar-refractivity contribution < 1.29 is 4.42 Å². The van der Waals surface area contributed by atoms with Crippen molar-refractivity contribution in [3.05, 3.63) is 59.5 Å². The number of benzene rings is 1. The van der Waals surface area contributed by atoms with Gasteiger partial charge in [0.25, 0.3) is 0 Å². The van der Waals surface area contributed by atoms with Crippen LogP contribution in [0.5, 0.6) is 0 Å². The fourth-order valence-electron chi connectivity index (χ4n) is 3.37. The van der Waals surface area contributed by atoms with Crippen molar-refractivity contribution in [2.75, 3.05) is 6.54 Å². The summed E-state index contributed by atoms with van der Waals surface area (Å²) in [5.74, 6) is 0.492. The maximum Gasteiger partial charge on any atom is 0.0950 e. The second kappa shape index (κ2) is 6.46. The first-order valence-electron chi connectivity index (χ1n) is 7.88. The van der Waals surface area contributed by atoms with Gasteiger partial charge < -0.3 is 15.5 Å². The van der Waals surface area contributed by atoms with E-state index >= 15 is 0 Å². The minimum atomic E-state index is 0.152. The Labute approximate surface area is 126 Å². The Balaban J connectivity index is 1.72. The van der Waals surface area contributed by atoms with Crippen LogP contribution >= 0.6 is 0 Å². The molecule has 21 heavy (non-hydrogen) atoms. The smallest absolute Gasteiger partial charge is 0.0950 e. The highest BCUT2D eigenvalue weighted by molar-refractivity contribution is 5.35. The fourth-order valence-corrected chi connectivity index (χ4v) is 3.37. The van der Waals surface area contributed by atoms with E-state index in [2.05, 4.69) is 42.6 Å². The molecule has 1 aliphatic carbocycles. The summed E-state index contributed by atoms with van der Waals surface area (Å²) in [6, 6.07) is 11.1. The molecule has 3 unspecified atom stereocenters. The minimum Gasteiger partial charge on any atom is -0.472 e. The molecule has 0 aliphatic heterocycles. The molecule has 3 atom stereocenters. The summed E-state index contributed by atoms with van der Waals surface area (Å²) in [6.45, 7) is 3.21. The third-order valence-corrected chi connectivity index (χ3v) is 4.53. The molecule has 3 rings (SSSR count). The van der Waals surface area contributed by atoms with Gasteiger partial charge in [-0.15, -0.1) is 0 Å². The second-order valence-electron chi connectivity index (χ2n) is 5.99. The molecule has 0 radical (unpaired) electrons. The molecule has 1 aliphatic rings. The Kier molecular flexibility index (Phi) is 4.42. The Morgan fingerprint density at radius 1 is 1.33 bits per heavy atom. The zero-order valence-electron chi connectivity index (χ0n) is 12.6. The van der Waals surface area contributed by atoms with E-state index in [-0.39, 0.29) is 6.04 Å². The molecule has 3 heteroatoms. The van der Waals surface area contributed by atoms with Gasteiger partial charge >= 0.3 is 0 Å². The van der Waals surface area contributed by atoms with E-state index in [0.29, 0.717) is 12.0 Å². The van der Waals surface area contributed by atoms with Crippen molar-refractivity contribution >= 4 is 0 Å². The first-order chi connectivity index (χ1) is 10.3. The number of fused-ring (bicyclic) bond motifs is 1. The maximum atomic E-state index is 6.47. The average molecular weight is 284 g/mol. The van der Waals surface area contributed by atoms with Gasteiger partial charge in [0.05, 0.1) is 12.5 Å². The largest absolute Gasteiger partial charge is 0.472 e. The van der Waals surface area contributed by atoms with Crippen LogP contribution in [0.3, 0.4) is 0 Å². The molecular weight excluding hydrogens is 260 g/mol. The highest BCUT2D eigenvalue weighted by Crippen LogP contribution is 2.39. The van der Waals surface area contributed by atoms with E-state index in [1.54, 1.807) is 6.26 Å². The quantitative estimate of drug-likeness (QED) is 0.852. The van der Waals surface area contributed by atoms with Crippen molar-refractivity contribution in [1.29, 1.82) is 0 Å². The van der Waals surface area contributed by atoms with Crippen LogP contribution in [-0.4, -0.2) is 6.54 Å². The number of hydrogen-bond donors (Lipinski definition) is 2. The van der Waals surface area contributed by atoms with Crippen LogP contribution in [0.4, 0.5) is 0 Å². The average Bonchev–Trinajstić information content (AvgIpc) is 3.13. The Morgan fingerprint density at radius 2 is 2.19 bits per heavy atom. The molecule has 0 saturated carbocycles. The molecule has 0 bridgehead atoms. The van der Waals surface area contributed by atoms with Crippen LogP contribution in [0.1, 0.15) is 48.5 Å². The lowest BCUT2D eigenvalue weighted by atomic mass is 9.91. The highest BCUT2D eigenvalue weighted by atomic mass is 16.3. The molecule has 1 aromatic carbocycles. The summed E-state index contributed by atoms with van der Waals surface area (Å²) in [7, 11) is 0. The Hall–Kier alpha value is -1.58. The number of nitrogens with one attached hydrogen (secondary N) is 1. The molecule has 1 heterocycles. The maximum absolute atomic E-state index is 6.47. The molecule has 0 spiro atoms. The molecule has 1 aromatic heterocycles. The van der Waals surface area contributed by atoms with Gasteiger partial charge in [0.15, 0.2) is 0 Å². The third kappa shape index (κ3) is 3.04. The van der Waals surface area contributed by atoms with Gasteiger partial charge in [0, 0.05) is 17.6 Å². The van der Waals surface area contributed by atoms with Gasteiger partial charge in [-0.3, -0.25) is 0 Å². The third-order valence-electron chi connectivity index (χ3n) is 4.53. The van der Waals surface area contributed by atoms with Gasteiger partial charge in [-0.1, -0.05) is 31.2 Å². The molecule has 3 N–H and O–H groups in total. The lowest BCUT2D eigenvalue weighted by Gasteiger charge is -2.23. The number of rotatable bonds is 6. The molecule has 112 valence electrons. The van der Waals surface area contributed by atoms with Gasteiger partial charge in [0.1, 0.15) is 0 Å². The van der Waals surface area contributed by atoms with Crippen LogP contribution in [-0.2, 0) is 6.42 Å². The number of furan rings is 1. The fraction of sp³-hybridized carbons (Fsp3) is 0.444. The Bertz CT molecular complexity index is 564. The van der Waals surface area contributed by atoms with Crippen LogP contribution in [0.15, 0.2) is 47.3 Å². The van der Waals surface area contributed by atoms with Crippen LogP contribution in [0.2, 0.25) is 0 Å². The van der Waals surface area contributed by atoms with Crippen molar-refractivity contribution in [2.24, 2.45) is 11.7 Å². The molecule has 0 fully saturated rings. The predicted molar refractivity (Wildman–Crippen MR) is 84.9 cm³/mol. The summed E-state index contributed by atoms with van der Waals surface area (Å²) in [6.07, 6.45) is 6.86. The van der Waals surface area contributed by atoms with Crippen molar-refractivity contribution in [3.63, 3.8) is 0 Å². The second-order valence-corrected chi connectivity index (χ2v) is 5.99. The van der Waals surface area contributed by atoms with Crippen molar-refractivity contribution in [1.82, 2.24) is 5.32 Å². The zero-order chi connectivity index (χ0) is 14.7. The van der Waals surface area contributed by atoms with E-state index in [9.17, 15) is 0 Å². The lowest BCUT2D eigenvalue weighted by Crippen LogP contribution is -2.27. The minimum absolute atomic E-state index is 0.152. The van der Waals surface area contributed by atoms with E-state index < -0.39 is 0 Å². The first-order valence-corrected chi connectivity index (χ1v) is 7.88. The van der Waals surface area contributed by atoms with E-state index in [4.69, 9.17) is 10.2 Å². The van der Waals surface area contributed by atoms with Crippen LogP contribution in [0, 0.1) is 5.92 Å². The predicted octanol–water partition coefficient (Wildman–Crippen LogP) is 3.58. The molecule has 3 nitrogen and oxygen atoms in total. The topological polar surface area (TPSA) is 51.2 Å². The highest BCUT2D eigenvalue weighted by Gasteiger charge is 2.31. The van der Waals surface area contributed by atoms with Crippen molar-refractivity contribution in [3.8, 4) is 0 Å². The molecule has 2 aromatic rings. The molecule has 0 amide bonds. The molecule has 0 saturated heterocycles. The first kappa shape index (κ1) is 14.4. The van der Waals surface area contributed by atoms with Gasteiger partial charge in [-0.2, -0.15) is 0 Å². The number of nitrogens with two attached hydrogens (primary N) is 1. The number of hydrogen-bond acceptors (Lipinski definition) is 3. The summed E-state index contributed by atoms with van der Waals surface area (Å²) in [4.78, 5) is 0. The summed E-state index contributed by atoms with van der Waals surface area (Å²) < 4.78 is 5.26. The standard InChI is InChI=1S/C18H24N2O/c1-2-8-20-17(14-7-9-21-12-14)11-15-10-13-5-3-4-6-16(13)18(15)19/h3-7,9,12,15,17-18,20H,2,8,10-11,19H2,1H3. The molecular formula is C18H24N2O. The SMILES string of the molecule is CCCNC(CC1Cc2ccccc2C1N)c1ccoc1. The Morgan fingerprint density at radius 3 is 2.90 bits per heavy atom. The monoisotopic (exact) mass is 284 g/mol. The van der Waals surface area contributed by atoms with E-state index in [0.717, 1.165) is 25.8 Å². The summed E-state index contributed by atoms with van der Waals surface area (Å²) >= 11 is 0. The van der Waals surface area contributed by atoms with Crippen molar-refractivity contribution in [2.45, 2.75) is 38.3 Å². The summed E-state index contributed by atoms with van der Waals surface area (Å²) in [5.41, 5.74) is 10.4. The van der Waals surface area contributed by atoms with Gasteiger partial charge in [-0.25, -0.2) is 0 Å². The normalized spacial score (nSPS) is 22.2. The van der Waals surface area contributed by atoms with Crippen LogP contribution < -0.4 is 11.1 Å². The lowest BCUT2D eigenvalue weighted by molar-refractivity contribution is 0.358. The zero-order valence-corrected chi connectivity index (χ0v) is 12.6. The van der Waals surface area contributed by atoms with Crippen LogP contribution in [0.25, 0.3) is 0 Å².